The van der Waals surface area contributed by atoms with E-state index in [1.807, 2.05) is 11.4 Å². The Morgan fingerprint density at radius 2 is 1.88 bits per heavy atom. The predicted molar refractivity (Wildman–Crippen MR) is 76.5 cm³/mol. The third-order valence-electron chi connectivity index (χ3n) is 2.27. The lowest BCUT2D eigenvalue weighted by Gasteiger charge is -2.05. The van der Waals surface area contributed by atoms with Gasteiger partial charge in [-0.3, -0.25) is 4.79 Å². The van der Waals surface area contributed by atoms with E-state index in [0.29, 0.717) is 20.5 Å². The van der Waals surface area contributed by atoms with Crippen LogP contribution in [-0.2, 0) is 6.42 Å². The van der Waals surface area contributed by atoms with Crippen molar-refractivity contribution in [3.63, 3.8) is 0 Å². The Bertz CT molecular complexity index is 545. The van der Waals surface area contributed by atoms with Crippen molar-refractivity contribution in [2.24, 2.45) is 0 Å². The fraction of sp³-hybridized carbons (Fsp3) is 0.0833. The molecule has 0 aliphatic carbocycles. The molecule has 0 aliphatic heterocycles. The number of halogens is 3. The fourth-order valence-electron chi connectivity index (χ4n) is 1.43. The Hall–Kier alpha value is -0.350. The minimum atomic E-state index is 0.0156. The van der Waals surface area contributed by atoms with Gasteiger partial charge in [-0.15, -0.1) is 11.3 Å². The summed E-state index contributed by atoms with van der Waals surface area (Å²) in [5, 5.41) is 2.92. The fourth-order valence-corrected chi connectivity index (χ4v) is 3.50. The van der Waals surface area contributed by atoms with Gasteiger partial charge in [-0.05, 0) is 45.1 Å². The van der Waals surface area contributed by atoms with Gasteiger partial charge in [-0.25, -0.2) is 0 Å². The minimum Gasteiger partial charge on any atom is -0.293 e. The van der Waals surface area contributed by atoms with Crippen molar-refractivity contribution >= 4 is 56.3 Å². The molecule has 5 heteroatoms. The maximum atomic E-state index is 12.1. The van der Waals surface area contributed by atoms with E-state index >= 15 is 0 Å². The first kappa shape index (κ1) is 13.1. The maximum Gasteiger partial charge on any atom is 0.178 e. The smallest absolute Gasteiger partial charge is 0.178 e. The van der Waals surface area contributed by atoms with E-state index in [0.717, 1.165) is 4.47 Å². The lowest BCUT2D eigenvalue weighted by atomic mass is 10.1. The van der Waals surface area contributed by atoms with Gasteiger partial charge in [0.2, 0.25) is 0 Å². The molecule has 17 heavy (non-hydrogen) atoms. The number of thiophene rings is 1. The number of Topliss-reactive ketones (excluding diaryl/α,β-unsaturated/α-hetero) is 1. The molecule has 0 amide bonds. The number of hydrogen-bond donors (Lipinski definition) is 0. The normalized spacial score (nSPS) is 10.5. The Kier molecular flexibility index (Phi) is 4.26. The highest BCUT2D eigenvalue weighted by atomic mass is 79.9. The number of benzene rings is 1. The first-order chi connectivity index (χ1) is 8.09. The summed E-state index contributed by atoms with van der Waals surface area (Å²) < 4.78 is 0.815. The second kappa shape index (κ2) is 5.53. The lowest BCUT2D eigenvalue weighted by molar-refractivity contribution is 0.0996. The summed E-state index contributed by atoms with van der Waals surface area (Å²) >= 11 is 16.8. The molecule has 1 aromatic carbocycles. The van der Waals surface area contributed by atoms with Crippen LogP contribution in [0.25, 0.3) is 0 Å². The van der Waals surface area contributed by atoms with Crippen molar-refractivity contribution in [3.8, 4) is 0 Å². The van der Waals surface area contributed by atoms with Gasteiger partial charge in [0.15, 0.2) is 5.78 Å². The molecule has 0 fully saturated rings. The molecule has 0 bridgehead atoms. The molecule has 0 saturated heterocycles. The van der Waals surface area contributed by atoms with Crippen molar-refractivity contribution in [2.45, 2.75) is 6.42 Å². The van der Waals surface area contributed by atoms with E-state index < -0.39 is 0 Å². The zero-order valence-electron chi connectivity index (χ0n) is 8.54. The van der Waals surface area contributed by atoms with Gasteiger partial charge in [0.1, 0.15) is 0 Å². The van der Waals surface area contributed by atoms with Crippen molar-refractivity contribution < 1.29 is 4.79 Å². The van der Waals surface area contributed by atoms with Crippen LogP contribution in [0.15, 0.2) is 34.1 Å². The number of carbonyl (C=O) groups is 1. The van der Waals surface area contributed by atoms with Crippen LogP contribution in [0.4, 0.5) is 0 Å². The molecule has 0 aliphatic rings. The van der Waals surface area contributed by atoms with Gasteiger partial charge in [-0.2, -0.15) is 0 Å². The molecule has 1 heterocycles. The summed E-state index contributed by atoms with van der Waals surface area (Å²) in [5.41, 5.74) is 0.682. The van der Waals surface area contributed by atoms with Crippen LogP contribution < -0.4 is 0 Å². The Labute approximate surface area is 121 Å². The van der Waals surface area contributed by atoms with E-state index in [1.165, 1.54) is 11.3 Å². The zero-order valence-corrected chi connectivity index (χ0v) is 12.5. The second-order valence-electron chi connectivity index (χ2n) is 3.40. The molecule has 1 nitrogen and oxygen atoms in total. The largest absolute Gasteiger partial charge is 0.293 e. The number of ketones is 1. The van der Waals surface area contributed by atoms with Crippen LogP contribution in [0, 0.1) is 0 Å². The van der Waals surface area contributed by atoms with E-state index in [2.05, 4.69) is 15.9 Å². The SMILES string of the molecule is O=C(Cc1c(Cl)cccc1Cl)c1sccc1Br. The Morgan fingerprint density at radius 3 is 2.41 bits per heavy atom. The van der Waals surface area contributed by atoms with Gasteiger partial charge in [0, 0.05) is 20.9 Å². The molecule has 0 spiro atoms. The molecule has 0 unspecified atom stereocenters. The summed E-state index contributed by atoms with van der Waals surface area (Å²) in [6, 6.07) is 7.09. The molecule has 2 rings (SSSR count). The highest BCUT2D eigenvalue weighted by molar-refractivity contribution is 9.10. The van der Waals surface area contributed by atoms with E-state index in [1.54, 1.807) is 18.2 Å². The molecular formula is C12H7BrCl2OS. The van der Waals surface area contributed by atoms with E-state index in [-0.39, 0.29) is 12.2 Å². The van der Waals surface area contributed by atoms with Gasteiger partial charge < -0.3 is 0 Å². The number of hydrogen-bond acceptors (Lipinski definition) is 2. The highest BCUT2D eigenvalue weighted by Crippen LogP contribution is 2.29. The molecule has 0 radical (unpaired) electrons. The average Bonchev–Trinajstić information content (AvgIpc) is 2.70. The molecular weight excluding hydrogens is 343 g/mol. The summed E-state index contributed by atoms with van der Waals surface area (Å²) in [6.45, 7) is 0. The monoisotopic (exact) mass is 348 g/mol. The van der Waals surface area contributed by atoms with Crippen molar-refractivity contribution in [1.29, 1.82) is 0 Å². The van der Waals surface area contributed by atoms with Crippen LogP contribution in [0.2, 0.25) is 10.0 Å². The van der Waals surface area contributed by atoms with Crippen LogP contribution >= 0.6 is 50.5 Å². The maximum absolute atomic E-state index is 12.1. The van der Waals surface area contributed by atoms with Crippen LogP contribution in [0.5, 0.6) is 0 Å². The standard InChI is InChI=1S/C12H7BrCl2OS/c13-8-4-5-17-12(8)11(16)6-7-9(14)2-1-3-10(7)15/h1-5H,6H2. The van der Waals surface area contributed by atoms with Crippen molar-refractivity contribution in [1.82, 2.24) is 0 Å². The van der Waals surface area contributed by atoms with Gasteiger partial charge in [0.05, 0.1) is 4.88 Å². The highest BCUT2D eigenvalue weighted by Gasteiger charge is 2.15. The lowest BCUT2D eigenvalue weighted by Crippen LogP contribution is -2.03. The minimum absolute atomic E-state index is 0.0156. The predicted octanol–water partition coefficient (Wildman–Crippen LogP) is 5.24. The molecule has 0 saturated carbocycles. The van der Waals surface area contributed by atoms with Gasteiger partial charge in [-0.1, -0.05) is 29.3 Å². The Balaban J connectivity index is 2.28. The molecule has 88 valence electrons. The summed E-state index contributed by atoms with van der Waals surface area (Å²) in [7, 11) is 0. The van der Waals surface area contributed by atoms with Crippen LogP contribution in [0.1, 0.15) is 15.2 Å². The van der Waals surface area contributed by atoms with Gasteiger partial charge in [0.25, 0.3) is 0 Å². The van der Waals surface area contributed by atoms with Crippen LogP contribution in [-0.4, -0.2) is 5.78 Å². The quantitative estimate of drug-likeness (QED) is 0.692. The molecule has 1 aromatic heterocycles. The zero-order chi connectivity index (χ0) is 12.4. The van der Waals surface area contributed by atoms with E-state index in [9.17, 15) is 4.79 Å². The number of carbonyl (C=O) groups excluding carboxylic acids is 1. The van der Waals surface area contributed by atoms with Crippen LogP contribution in [0.3, 0.4) is 0 Å². The first-order valence-corrected chi connectivity index (χ1v) is 7.21. The topological polar surface area (TPSA) is 17.1 Å². The van der Waals surface area contributed by atoms with Gasteiger partial charge >= 0.3 is 0 Å². The van der Waals surface area contributed by atoms with Crippen molar-refractivity contribution in [3.05, 3.63) is 54.6 Å². The molecule has 0 N–H and O–H groups in total. The van der Waals surface area contributed by atoms with E-state index in [4.69, 9.17) is 23.2 Å². The number of rotatable bonds is 3. The molecule has 2 aromatic rings. The average molecular weight is 350 g/mol. The summed E-state index contributed by atoms with van der Waals surface area (Å²) in [4.78, 5) is 12.8. The second-order valence-corrected chi connectivity index (χ2v) is 5.98. The molecule has 0 atom stereocenters. The third-order valence-corrected chi connectivity index (χ3v) is 4.86. The summed E-state index contributed by atoms with van der Waals surface area (Å²) in [6.07, 6.45) is 0.220. The third kappa shape index (κ3) is 2.91. The van der Waals surface area contributed by atoms with Crippen molar-refractivity contribution in [2.75, 3.05) is 0 Å². The summed E-state index contributed by atoms with van der Waals surface area (Å²) in [5.74, 6) is 0.0156. The first-order valence-electron chi connectivity index (χ1n) is 4.78. The Morgan fingerprint density at radius 1 is 1.24 bits per heavy atom.